The fourth-order valence-corrected chi connectivity index (χ4v) is 4.98. The highest BCUT2D eigenvalue weighted by molar-refractivity contribution is 6.09. The van der Waals surface area contributed by atoms with Crippen LogP contribution in [0.2, 0.25) is 0 Å². The number of piperidine rings is 1. The summed E-state index contributed by atoms with van der Waals surface area (Å²) < 4.78 is 13.2. The Morgan fingerprint density at radius 2 is 1.82 bits per heavy atom. The van der Waals surface area contributed by atoms with E-state index in [-0.39, 0.29) is 18.5 Å². The van der Waals surface area contributed by atoms with E-state index in [9.17, 15) is 18.8 Å². The van der Waals surface area contributed by atoms with E-state index in [1.165, 1.54) is 30.7 Å². The summed E-state index contributed by atoms with van der Waals surface area (Å²) in [6, 6.07) is 5.13. The molecule has 4 rings (SSSR count). The fraction of sp³-hybridized carbons (Fsp3) is 0.571. The zero-order valence-electron chi connectivity index (χ0n) is 16.1. The Morgan fingerprint density at radius 1 is 1.14 bits per heavy atom. The number of hydrogen-bond acceptors (Lipinski definition) is 3. The van der Waals surface area contributed by atoms with Crippen LogP contribution >= 0.6 is 0 Å². The molecular formula is C21H26FN3O3. The molecule has 0 spiro atoms. The molecule has 4 amide bonds. The molecule has 3 fully saturated rings. The van der Waals surface area contributed by atoms with Gasteiger partial charge in [-0.05, 0) is 56.2 Å². The highest BCUT2D eigenvalue weighted by atomic mass is 19.1. The van der Waals surface area contributed by atoms with Gasteiger partial charge >= 0.3 is 6.03 Å². The maximum Gasteiger partial charge on any atom is 0.325 e. The van der Waals surface area contributed by atoms with Crippen LogP contribution < -0.4 is 5.32 Å². The Morgan fingerprint density at radius 3 is 2.57 bits per heavy atom. The number of urea groups is 1. The Hall–Kier alpha value is -2.44. The molecule has 28 heavy (non-hydrogen) atoms. The number of likely N-dealkylation sites (tertiary alicyclic amines) is 1. The molecular weight excluding hydrogens is 361 g/mol. The number of nitrogens with zero attached hydrogens (tertiary/aromatic N) is 2. The van der Waals surface area contributed by atoms with E-state index in [0.717, 1.165) is 37.0 Å². The number of amides is 4. The second kappa shape index (κ2) is 7.18. The third-order valence-corrected chi connectivity index (χ3v) is 6.55. The van der Waals surface area contributed by atoms with E-state index < -0.39 is 23.3 Å². The summed E-state index contributed by atoms with van der Waals surface area (Å²) >= 11 is 0. The van der Waals surface area contributed by atoms with Crippen LogP contribution in [0, 0.1) is 11.7 Å². The maximum absolute atomic E-state index is 13.2. The summed E-state index contributed by atoms with van der Waals surface area (Å²) in [5.74, 6) is -0.513. The second-order valence-corrected chi connectivity index (χ2v) is 8.29. The minimum absolute atomic E-state index is 0.163. The number of fused-ring (bicyclic) bond motifs is 1. The normalized spacial score (nSPS) is 30.2. The predicted molar refractivity (Wildman–Crippen MR) is 101 cm³/mol. The van der Waals surface area contributed by atoms with Crippen LogP contribution in [0.1, 0.15) is 51.0 Å². The SMILES string of the molecule is CC1(c2ccc(F)cc2)NC(=O)N(CC(=O)N2CCCC3CCCCC32)C1=O. The van der Waals surface area contributed by atoms with Crippen LogP contribution in [0.3, 0.4) is 0 Å². The molecule has 150 valence electrons. The van der Waals surface area contributed by atoms with Crippen molar-refractivity contribution in [2.24, 2.45) is 5.92 Å². The van der Waals surface area contributed by atoms with Crippen molar-refractivity contribution in [3.63, 3.8) is 0 Å². The molecule has 2 saturated heterocycles. The molecule has 3 aliphatic rings. The highest BCUT2D eigenvalue weighted by Crippen LogP contribution is 2.36. The first kappa shape index (κ1) is 18.9. The van der Waals surface area contributed by atoms with Gasteiger partial charge in [0.15, 0.2) is 0 Å². The van der Waals surface area contributed by atoms with Crippen molar-refractivity contribution in [2.45, 2.75) is 57.0 Å². The highest BCUT2D eigenvalue weighted by Gasteiger charge is 2.50. The van der Waals surface area contributed by atoms with Gasteiger partial charge in [-0.2, -0.15) is 0 Å². The molecule has 6 nitrogen and oxygen atoms in total. The van der Waals surface area contributed by atoms with Gasteiger partial charge in [0, 0.05) is 12.6 Å². The van der Waals surface area contributed by atoms with Crippen molar-refractivity contribution >= 4 is 17.8 Å². The van der Waals surface area contributed by atoms with Gasteiger partial charge < -0.3 is 10.2 Å². The quantitative estimate of drug-likeness (QED) is 0.811. The lowest BCUT2D eigenvalue weighted by molar-refractivity contribution is -0.142. The average molecular weight is 387 g/mol. The number of rotatable bonds is 3. The second-order valence-electron chi connectivity index (χ2n) is 8.29. The molecule has 7 heteroatoms. The minimum Gasteiger partial charge on any atom is -0.338 e. The van der Waals surface area contributed by atoms with Crippen LogP contribution in [-0.4, -0.2) is 46.8 Å². The van der Waals surface area contributed by atoms with Crippen LogP contribution in [0.25, 0.3) is 0 Å². The molecule has 1 aromatic rings. The lowest BCUT2D eigenvalue weighted by Crippen LogP contribution is -2.53. The number of imide groups is 1. The number of carbonyl (C=O) groups is 3. The van der Waals surface area contributed by atoms with E-state index in [2.05, 4.69) is 5.32 Å². The van der Waals surface area contributed by atoms with E-state index in [4.69, 9.17) is 0 Å². The van der Waals surface area contributed by atoms with Gasteiger partial charge in [0.05, 0.1) is 0 Å². The number of carbonyl (C=O) groups excluding carboxylic acids is 3. The summed E-state index contributed by atoms with van der Waals surface area (Å²) in [4.78, 5) is 41.4. The minimum atomic E-state index is -1.29. The first-order valence-corrected chi connectivity index (χ1v) is 10.1. The van der Waals surface area contributed by atoms with E-state index in [1.54, 1.807) is 6.92 Å². The van der Waals surface area contributed by atoms with Gasteiger partial charge in [-0.3, -0.25) is 14.5 Å². The fourth-order valence-electron chi connectivity index (χ4n) is 4.98. The number of hydrogen-bond donors (Lipinski definition) is 1. The van der Waals surface area contributed by atoms with E-state index in [0.29, 0.717) is 18.0 Å². The number of halogens is 1. The van der Waals surface area contributed by atoms with E-state index in [1.807, 2.05) is 4.90 Å². The Bertz CT molecular complexity index is 795. The Balaban J connectivity index is 1.50. The van der Waals surface area contributed by atoms with E-state index >= 15 is 0 Å². The average Bonchev–Trinajstić information content (AvgIpc) is 2.92. The van der Waals surface area contributed by atoms with Crippen molar-refractivity contribution in [2.75, 3.05) is 13.1 Å². The smallest absolute Gasteiger partial charge is 0.325 e. The largest absolute Gasteiger partial charge is 0.338 e. The summed E-state index contributed by atoms with van der Waals surface area (Å²) in [5.41, 5.74) is -0.798. The van der Waals surface area contributed by atoms with Crippen molar-refractivity contribution in [1.82, 2.24) is 15.1 Å². The molecule has 2 heterocycles. The van der Waals surface area contributed by atoms with Crippen LogP contribution in [0.4, 0.5) is 9.18 Å². The van der Waals surface area contributed by atoms with Crippen molar-refractivity contribution < 1.29 is 18.8 Å². The first-order chi connectivity index (χ1) is 13.4. The molecule has 2 aliphatic heterocycles. The first-order valence-electron chi connectivity index (χ1n) is 10.1. The predicted octanol–water partition coefficient (Wildman–Crippen LogP) is 2.77. The van der Waals surface area contributed by atoms with Gasteiger partial charge in [-0.15, -0.1) is 0 Å². The zero-order chi connectivity index (χ0) is 19.9. The van der Waals surface area contributed by atoms with Crippen LogP contribution in [-0.2, 0) is 15.1 Å². The molecule has 3 atom stereocenters. The van der Waals surface area contributed by atoms with Crippen LogP contribution in [0.15, 0.2) is 24.3 Å². The molecule has 1 saturated carbocycles. The zero-order valence-corrected chi connectivity index (χ0v) is 16.1. The Labute approximate surface area is 164 Å². The van der Waals surface area contributed by atoms with Crippen molar-refractivity contribution in [3.8, 4) is 0 Å². The standard InChI is InChI=1S/C21H26FN3O3/c1-21(15-8-10-16(22)11-9-15)19(27)25(20(28)23-21)13-18(26)24-12-4-6-14-5-2-3-7-17(14)24/h8-11,14,17H,2-7,12-13H2,1H3,(H,23,28). The molecule has 0 radical (unpaired) electrons. The summed E-state index contributed by atoms with van der Waals surface area (Å²) in [6.07, 6.45) is 6.62. The van der Waals surface area contributed by atoms with Gasteiger partial charge in [0.25, 0.3) is 5.91 Å². The van der Waals surface area contributed by atoms with Gasteiger partial charge in [0.2, 0.25) is 5.91 Å². The van der Waals surface area contributed by atoms with Gasteiger partial charge in [0.1, 0.15) is 17.9 Å². The molecule has 3 unspecified atom stereocenters. The molecule has 1 aliphatic carbocycles. The Kier molecular flexibility index (Phi) is 4.85. The van der Waals surface area contributed by atoms with Crippen LogP contribution in [0.5, 0.6) is 0 Å². The molecule has 0 bridgehead atoms. The number of nitrogens with one attached hydrogen (secondary N) is 1. The lowest BCUT2D eigenvalue weighted by atomic mass is 9.78. The molecule has 0 aromatic heterocycles. The van der Waals surface area contributed by atoms with Crippen molar-refractivity contribution in [1.29, 1.82) is 0 Å². The molecule has 1 N–H and O–H groups in total. The maximum atomic E-state index is 13.2. The lowest BCUT2D eigenvalue weighted by Gasteiger charge is -2.44. The summed E-state index contributed by atoms with van der Waals surface area (Å²) in [5, 5.41) is 2.67. The third-order valence-electron chi connectivity index (χ3n) is 6.55. The number of benzene rings is 1. The van der Waals surface area contributed by atoms with Gasteiger partial charge in [-0.1, -0.05) is 25.0 Å². The monoisotopic (exact) mass is 387 g/mol. The summed E-state index contributed by atoms with van der Waals surface area (Å²) in [7, 11) is 0. The topological polar surface area (TPSA) is 69.7 Å². The molecule has 1 aromatic carbocycles. The summed E-state index contributed by atoms with van der Waals surface area (Å²) in [6.45, 7) is 2.03. The van der Waals surface area contributed by atoms with Crippen molar-refractivity contribution in [3.05, 3.63) is 35.6 Å². The third kappa shape index (κ3) is 3.16. The van der Waals surface area contributed by atoms with Gasteiger partial charge in [-0.25, -0.2) is 9.18 Å².